The first-order valence-corrected chi connectivity index (χ1v) is 4.82. The van der Waals surface area contributed by atoms with Crippen LogP contribution in [-0.4, -0.2) is 17.4 Å². The van der Waals surface area contributed by atoms with Crippen LogP contribution in [0, 0.1) is 5.82 Å². The van der Waals surface area contributed by atoms with E-state index in [1.807, 2.05) is 0 Å². The average molecular weight is 226 g/mol. The highest BCUT2D eigenvalue weighted by atomic mass is 32.1. The molecule has 1 aromatic carbocycles. The number of amides is 1. The van der Waals surface area contributed by atoms with Gasteiger partial charge in [-0.2, -0.15) is 0 Å². The van der Waals surface area contributed by atoms with Crippen molar-refractivity contribution in [2.75, 3.05) is 6.54 Å². The number of carbonyl (C=O) groups is 1. The molecule has 0 spiro atoms. The van der Waals surface area contributed by atoms with Crippen molar-refractivity contribution in [2.24, 2.45) is 5.73 Å². The third-order valence-corrected chi connectivity index (χ3v) is 1.97. The molecule has 1 amide bonds. The molecule has 0 aliphatic heterocycles. The van der Waals surface area contributed by atoms with Gasteiger partial charge < -0.3 is 11.1 Å². The van der Waals surface area contributed by atoms with Crippen LogP contribution in [0.15, 0.2) is 24.3 Å². The molecule has 5 heteroatoms. The maximum Gasteiger partial charge on any atom is 0.251 e. The second-order valence-electron chi connectivity index (χ2n) is 2.98. The van der Waals surface area contributed by atoms with Crippen molar-refractivity contribution in [2.45, 2.75) is 6.42 Å². The van der Waals surface area contributed by atoms with Crippen LogP contribution >= 0.6 is 12.2 Å². The summed E-state index contributed by atoms with van der Waals surface area (Å²) in [5, 5.41) is 2.62. The first kappa shape index (κ1) is 11.6. The molecule has 0 heterocycles. The fourth-order valence-corrected chi connectivity index (χ4v) is 1.10. The summed E-state index contributed by atoms with van der Waals surface area (Å²) < 4.78 is 12.5. The fourth-order valence-electron chi connectivity index (χ4n) is 1.00. The molecule has 0 fully saturated rings. The van der Waals surface area contributed by atoms with Gasteiger partial charge in [-0.3, -0.25) is 4.79 Å². The number of thiocarbonyl (C=S) groups is 1. The van der Waals surface area contributed by atoms with Gasteiger partial charge in [0.05, 0.1) is 4.99 Å². The number of hydrogen-bond acceptors (Lipinski definition) is 2. The molecule has 80 valence electrons. The molecule has 0 bridgehead atoms. The Morgan fingerprint density at radius 1 is 1.40 bits per heavy atom. The largest absolute Gasteiger partial charge is 0.393 e. The Kier molecular flexibility index (Phi) is 4.17. The van der Waals surface area contributed by atoms with Crippen LogP contribution in [0.3, 0.4) is 0 Å². The van der Waals surface area contributed by atoms with Crippen molar-refractivity contribution in [3.63, 3.8) is 0 Å². The molecule has 0 unspecified atom stereocenters. The van der Waals surface area contributed by atoms with Crippen LogP contribution in [0.25, 0.3) is 0 Å². The Balaban J connectivity index is 2.47. The molecule has 3 nitrogen and oxygen atoms in total. The highest BCUT2D eigenvalue weighted by Crippen LogP contribution is 2.02. The quantitative estimate of drug-likeness (QED) is 0.759. The van der Waals surface area contributed by atoms with E-state index in [-0.39, 0.29) is 11.7 Å². The van der Waals surface area contributed by atoms with E-state index in [0.29, 0.717) is 23.5 Å². The topological polar surface area (TPSA) is 55.1 Å². The lowest BCUT2D eigenvalue weighted by atomic mass is 10.2. The Morgan fingerprint density at radius 2 is 2.00 bits per heavy atom. The second kappa shape index (κ2) is 5.41. The predicted molar refractivity (Wildman–Crippen MR) is 60.1 cm³/mol. The van der Waals surface area contributed by atoms with Crippen LogP contribution in [0.2, 0.25) is 0 Å². The minimum Gasteiger partial charge on any atom is -0.393 e. The molecule has 3 N–H and O–H groups in total. The first-order chi connectivity index (χ1) is 7.09. The maximum atomic E-state index is 12.5. The maximum absolute atomic E-state index is 12.5. The minimum atomic E-state index is -0.366. The van der Waals surface area contributed by atoms with Gasteiger partial charge >= 0.3 is 0 Å². The van der Waals surface area contributed by atoms with Crippen molar-refractivity contribution < 1.29 is 9.18 Å². The lowest BCUT2D eigenvalue weighted by Crippen LogP contribution is -2.27. The van der Waals surface area contributed by atoms with Crippen molar-refractivity contribution in [3.05, 3.63) is 35.6 Å². The zero-order valence-electron chi connectivity index (χ0n) is 8.00. The lowest BCUT2D eigenvalue weighted by molar-refractivity contribution is 0.0955. The van der Waals surface area contributed by atoms with Gasteiger partial charge in [-0.1, -0.05) is 12.2 Å². The van der Waals surface area contributed by atoms with E-state index in [2.05, 4.69) is 17.5 Å². The third kappa shape index (κ3) is 4.03. The molecule has 1 rings (SSSR count). The van der Waals surface area contributed by atoms with Crippen LogP contribution < -0.4 is 11.1 Å². The van der Waals surface area contributed by atoms with Crippen molar-refractivity contribution >= 4 is 23.1 Å². The number of rotatable bonds is 4. The van der Waals surface area contributed by atoms with Gasteiger partial charge in [0.2, 0.25) is 0 Å². The summed E-state index contributed by atoms with van der Waals surface area (Å²) in [5.41, 5.74) is 5.68. The summed E-state index contributed by atoms with van der Waals surface area (Å²) in [6.07, 6.45) is 0.461. The molecule has 15 heavy (non-hydrogen) atoms. The Morgan fingerprint density at radius 3 is 2.53 bits per heavy atom. The zero-order chi connectivity index (χ0) is 11.3. The molecule has 0 aliphatic rings. The SMILES string of the molecule is NC(=S)CCNC(=O)c1ccc(F)cc1. The summed E-state index contributed by atoms with van der Waals surface area (Å²) in [6.45, 7) is 0.394. The number of nitrogens with two attached hydrogens (primary N) is 1. The van der Waals surface area contributed by atoms with E-state index in [1.54, 1.807) is 0 Å². The summed E-state index contributed by atoms with van der Waals surface area (Å²) in [4.78, 5) is 11.8. The Bertz CT molecular complexity index is 364. The molecule has 0 aliphatic carbocycles. The number of carbonyl (C=O) groups excluding carboxylic acids is 1. The third-order valence-electron chi connectivity index (χ3n) is 1.76. The van der Waals surface area contributed by atoms with Crippen LogP contribution in [-0.2, 0) is 0 Å². The van der Waals surface area contributed by atoms with Gasteiger partial charge in [-0.05, 0) is 24.3 Å². The molecular formula is C10H11FN2OS. The molecule has 0 saturated carbocycles. The van der Waals surface area contributed by atoms with E-state index >= 15 is 0 Å². The number of hydrogen-bond donors (Lipinski definition) is 2. The van der Waals surface area contributed by atoms with Crippen LogP contribution in [0.5, 0.6) is 0 Å². The lowest BCUT2D eigenvalue weighted by Gasteiger charge is -2.03. The highest BCUT2D eigenvalue weighted by molar-refractivity contribution is 7.80. The van der Waals surface area contributed by atoms with Gasteiger partial charge in [-0.15, -0.1) is 0 Å². The summed E-state index contributed by atoms with van der Waals surface area (Å²) in [6, 6.07) is 5.32. The zero-order valence-corrected chi connectivity index (χ0v) is 8.81. The smallest absolute Gasteiger partial charge is 0.251 e. The van der Waals surface area contributed by atoms with E-state index in [4.69, 9.17) is 5.73 Å². The van der Waals surface area contributed by atoms with Crippen molar-refractivity contribution in [3.8, 4) is 0 Å². The van der Waals surface area contributed by atoms with E-state index in [1.165, 1.54) is 24.3 Å². The van der Waals surface area contributed by atoms with E-state index in [9.17, 15) is 9.18 Å². The van der Waals surface area contributed by atoms with E-state index in [0.717, 1.165) is 0 Å². The van der Waals surface area contributed by atoms with Gasteiger partial charge in [-0.25, -0.2) is 4.39 Å². The Labute approximate surface area is 92.5 Å². The van der Waals surface area contributed by atoms with E-state index < -0.39 is 0 Å². The minimum absolute atomic E-state index is 0.258. The van der Waals surface area contributed by atoms with Crippen molar-refractivity contribution in [1.82, 2.24) is 5.32 Å². The average Bonchev–Trinajstić information content (AvgIpc) is 2.18. The first-order valence-electron chi connectivity index (χ1n) is 4.41. The molecular weight excluding hydrogens is 215 g/mol. The summed E-state index contributed by atoms with van der Waals surface area (Å²) >= 11 is 4.66. The number of benzene rings is 1. The number of nitrogens with one attached hydrogen (secondary N) is 1. The van der Waals surface area contributed by atoms with Crippen molar-refractivity contribution in [1.29, 1.82) is 0 Å². The number of halogens is 1. The fraction of sp³-hybridized carbons (Fsp3) is 0.200. The van der Waals surface area contributed by atoms with Gasteiger partial charge in [0.25, 0.3) is 5.91 Å². The molecule has 0 saturated heterocycles. The van der Waals surface area contributed by atoms with Gasteiger partial charge in [0, 0.05) is 18.5 Å². The summed E-state index contributed by atoms with van der Waals surface area (Å²) in [5.74, 6) is -0.624. The predicted octanol–water partition coefficient (Wildman–Crippen LogP) is 1.23. The standard InChI is InChI=1S/C10H11FN2OS/c11-8-3-1-7(2-4-8)10(14)13-6-5-9(12)15/h1-4H,5-6H2,(H2,12,15)(H,13,14). The highest BCUT2D eigenvalue weighted by Gasteiger charge is 2.04. The van der Waals surface area contributed by atoms with Crippen LogP contribution in [0.1, 0.15) is 16.8 Å². The normalized spacial score (nSPS) is 9.67. The van der Waals surface area contributed by atoms with Crippen LogP contribution in [0.4, 0.5) is 4.39 Å². The molecule has 0 aromatic heterocycles. The monoisotopic (exact) mass is 226 g/mol. The van der Waals surface area contributed by atoms with Gasteiger partial charge in [0.15, 0.2) is 0 Å². The molecule has 1 aromatic rings. The summed E-state index contributed by atoms with van der Waals surface area (Å²) in [7, 11) is 0. The van der Waals surface area contributed by atoms with Gasteiger partial charge in [0.1, 0.15) is 5.82 Å². The molecule has 0 atom stereocenters. The Hall–Kier alpha value is -1.49. The second-order valence-corrected chi connectivity index (χ2v) is 3.50. The molecule has 0 radical (unpaired) electrons.